The molecule has 0 aromatic rings. The van der Waals surface area contributed by atoms with E-state index in [2.05, 4.69) is 53.3 Å². The van der Waals surface area contributed by atoms with E-state index < -0.39 is 0 Å². The highest BCUT2D eigenvalue weighted by Gasteiger charge is 2.35. The normalized spacial score (nSPS) is 27.6. The molecule has 0 aliphatic carbocycles. The second-order valence-corrected chi connectivity index (χ2v) is 8.59. The van der Waals surface area contributed by atoms with E-state index in [4.69, 9.17) is 4.74 Å². The molecule has 2 heterocycles. The van der Waals surface area contributed by atoms with Crippen LogP contribution in [0.2, 0.25) is 0 Å². The Balaban J connectivity index is 0.00000264. The number of aliphatic imine (C=N–C) groups is 1. The van der Waals surface area contributed by atoms with E-state index in [1.165, 1.54) is 18.6 Å². The van der Waals surface area contributed by atoms with Crippen LogP contribution < -0.4 is 10.6 Å². The zero-order chi connectivity index (χ0) is 16.1. The summed E-state index contributed by atoms with van der Waals surface area (Å²) in [6.07, 6.45) is 4.76. The van der Waals surface area contributed by atoms with Crippen LogP contribution in [0.1, 0.15) is 32.6 Å². The molecule has 1 atom stereocenters. The molecule has 2 saturated heterocycles. The van der Waals surface area contributed by atoms with Crippen LogP contribution in [0.5, 0.6) is 0 Å². The molecule has 7 heteroatoms. The molecule has 5 nitrogen and oxygen atoms in total. The number of likely N-dealkylation sites (N-methyl/N-ethyl adjacent to an activating group) is 1. The zero-order valence-electron chi connectivity index (χ0n) is 15.0. The topological polar surface area (TPSA) is 48.9 Å². The third kappa shape index (κ3) is 5.93. The van der Waals surface area contributed by atoms with E-state index in [0.717, 1.165) is 45.1 Å². The van der Waals surface area contributed by atoms with Gasteiger partial charge in [-0.2, -0.15) is 11.8 Å². The minimum atomic E-state index is 0. The molecule has 2 aliphatic heterocycles. The first-order chi connectivity index (χ1) is 10.5. The lowest BCUT2D eigenvalue weighted by Crippen LogP contribution is -2.57. The summed E-state index contributed by atoms with van der Waals surface area (Å²) in [6, 6.07) is 0. The largest absolute Gasteiger partial charge is 0.381 e. The molecule has 136 valence electrons. The average molecular weight is 456 g/mol. The lowest BCUT2D eigenvalue weighted by molar-refractivity contribution is -0.00501. The lowest BCUT2D eigenvalue weighted by atomic mass is 9.88. The van der Waals surface area contributed by atoms with Gasteiger partial charge in [0.25, 0.3) is 0 Å². The standard InChI is InChI=1S/C16H32N4OS.HI/c1-15(6-5-11-22-15)12-18-14(17-2)19-13-16(20(3)4)7-9-21-10-8-16;/h5-13H2,1-4H3,(H2,17,18,19);1H. The fourth-order valence-electron chi connectivity index (χ4n) is 3.25. The Morgan fingerprint density at radius 3 is 2.35 bits per heavy atom. The van der Waals surface area contributed by atoms with E-state index in [1.807, 2.05) is 7.05 Å². The predicted molar refractivity (Wildman–Crippen MR) is 111 cm³/mol. The van der Waals surface area contributed by atoms with Crippen LogP contribution in [0.4, 0.5) is 0 Å². The minimum absolute atomic E-state index is 0. The van der Waals surface area contributed by atoms with E-state index in [-0.39, 0.29) is 29.5 Å². The molecule has 2 N–H and O–H groups in total. The van der Waals surface area contributed by atoms with Gasteiger partial charge in [-0.3, -0.25) is 4.99 Å². The number of rotatable bonds is 5. The Morgan fingerprint density at radius 2 is 1.83 bits per heavy atom. The Kier molecular flexibility index (Phi) is 8.97. The molecule has 2 fully saturated rings. The van der Waals surface area contributed by atoms with Crippen LogP contribution in [-0.2, 0) is 4.74 Å². The molecule has 0 bridgehead atoms. The predicted octanol–water partition coefficient (Wildman–Crippen LogP) is 2.17. The highest BCUT2D eigenvalue weighted by atomic mass is 127. The van der Waals surface area contributed by atoms with Gasteiger partial charge >= 0.3 is 0 Å². The van der Waals surface area contributed by atoms with Crippen molar-refractivity contribution in [2.24, 2.45) is 4.99 Å². The van der Waals surface area contributed by atoms with Crippen molar-refractivity contribution in [2.45, 2.75) is 42.9 Å². The fraction of sp³-hybridized carbons (Fsp3) is 0.938. The van der Waals surface area contributed by atoms with E-state index in [9.17, 15) is 0 Å². The van der Waals surface area contributed by atoms with Gasteiger partial charge in [-0.1, -0.05) is 0 Å². The molecule has 2 aliphatic rings. The SMILES string of the molecule is CN=C(NCC1(C)CCCS1)NCC1(N(C)C)CCOCC1.I. The number of ether oxygens (including phenoxy) is 1. The summed E-state index contributed by atoms with van der Waals surface area (Å²) in [4.78, 5) is 6.73. The molecule has 2 rings (SSSR count). The first-order valence-corrected chi connectivity index (χ1v) is 9.32. The highest BCUT2D eigenvalue weighted by Crippen LogP contribution is 2.36. The van der Waals surface area contributed by atoms with Gasteiger partial charge in [-0.15, -0.1) is 24.0 Å². The van der Waals surface area contributed by atoms with Crippen molar-refractivity contribution in [1.29, 1.82) is 0 Å². The number of hydrogen-bond donors (Lipinski definition) is 2. The van der Waals surface area contributed by atoms with Gasteiger partial charge in [0.2, 0.25) is 0 Å². The highest BCUT2D eigenvalue weighted by molar-refractivity contribution is 14.0. The second-order valence-electron chi connectivity index (χ2n) is 6.91. The maximum atomic E-state index is 5.53. The van der Waals surface area contributed by atoms with Crippen LogP contribution in [0.15, 0.2) is 4.99 Å². The van der Waals surface area contributed by atoms with E-state index >= 15 is 0 Å². The molecule has 0 aromatic heterocycles. The van der Waals surface area contributed by atoms with Gasteiger partial charge in [0.1, 0.15) is 0 Å². The fourth-order valence-corrected chi connectivity index (χ4v) is 4.49. The van der Waals surface area contributed by atoms with Crippen molar-refractivity contribution in [3.63, 3.8) is 0 Å². The van der Waals surface area contributed by atoms with Crippen molar-refractivity contribution in [3.8, 4) is 0 Å². The molecular formula is C16H33IN4OS. The van der Waals surface area contributed by atoms with Crippen molar-refractivity contribution < 1.29 is 4.74 Å². The quantitative estimate of drug-likeness (QED) is 0.377. The molecule has 0 spiro atoms. The second kappa shape index (κ2) is 9.68. The maximum Gasteiger partial charge on any atom is 0.191 e. The molecule has 0 radical (unpaired) electrons. The number of nitrogens with one attached hydrogen (secondary N) is 2. The molecule has 0 aromatic carbocycles. The first kappa shape index (κ1) is 21.3. The third-order valence-corrected chi connectivity index (χ3v) is 6.65. The Morgan fingerprint density at radius 1 is 1.17 bits per heavy atom. The van der Waals surface area contributed by atoms with E-state index in [0.29, 0.717) is 4.75 Å². The molecule has 23 heavy (non-hydrogen) atoms. The number of guanidine groups is 1. The average Bonchev–Trinajstić information content (AvgIpc) is 2.95. The smallest absolute Gasteiger partial charge is 0.191 e. The van der Waals surface area contributed by atoms with Crippen LogP contribution >= 0.6 is 35.7 Å². The summed E-state index contributed by atoms with van der Waals surface area (Å²) in [7, 11) is 6.19. The van der Waals surface area contributed by atoms with Crippen molar-refractivity contribution in [3.05, 3.63) is 0 Å². The number of thioether (sulfide) groups is 1. The van der Waals surface area contributed by atoms with Crippen LogP contribution in [0.3, 0.4) is 0 Å². The summed E-state index contributed by atoms with van der Waals surface area (Å²) in [5.74, 6) is 2.20. The van der Waals surface area contributed by atoms with Crippen LogP contribution in [-0.4, -0.2) is 74.3 Å². The number of hydrogen-bond acceptors (Lipinski definition) is 4. The summed E-state index contributed by atoms with van der Waals surface area (Å²) in [5, 5.41) is 7.05. The van der Waals surface area contributed by atoms with Gasteiger partial charge < -0.3 is 20.3 Å². The third-order valence-electron chi connectivity index (χ3n) is 5.11. The minimum Gasteiger partial charge on any atom is -0.381 e. The van der Waals surface area contributed by atoms with Gasteiger partial charge in [-0.25, -0.2) is 0 Å². The Labute approximate surface area is 162 Å². The lowest BCUT2D eigenvalue weighted by Gasteiger charge is -2.43. The summed E-state index contributed by atoms with van der Waals surface area (Å²) in [5.41, 5.74) is 0.169. The zero-order valence-corrected chi connectivity index (χ0v) is 18.1. The van der Waals surface area contributed by atoms with Crippen LogP contribution in [0, 0.1) is 0 Å². The number of halogens is 1. The Hall–Kier alpha value is 0.270. The van der Waals surface area contributed by atoms with E-state index in [1.54, 1.807) is 0 Å². The summed E-state index contributed by atoms with van der Waals surface area (Å²) >= 11 is 2.08. The Bertz CT molecular complexity index is 380. The first-order valence-electron chi connectivity index (χ1n) is 8.33. The summed E-state index contributed by atoms with van der Waals surface area (Å²) in [6.45, 7) is 5.94. The van der Waals surface area contributed by atoms with Gasteiger partial charge in [-0.05, 0) is 52.5 Å². The monoisotopic (exact) mass is 456 g/mol. The van der Waals surface area contributed by atoms with Gasteiger partial charge in [0.05, 0.1) is 0 Å². The molecule has 0 saturated carbocycles. The summed E-state index contributed by atoms with van der Waals surface area (Å²) < 4.78 is 5.89. The molecule has 0 amide bonds. The van der Waals surface area contributed by atoms with Crippen LogP contribution in [0.25, 0.3) is 0 Å². The van der Waals surface area contributed by atoms with Crippen molar-refractivity contribution in [1.82, 2.24) is 15.5 Å². The maximum absolute atomic E-state index is 5.53. The molecular weight excluding hydrogens is 423 g/mol. The number of nitrogens with zero attached hydrogens (tertiary/aromatic N) is 2. The van der Waals surface area contributed by atoms with Crippen molar-refractivity contribution >= 4 is 41.7 Å². The van der Waals surface area contributed by atoms with Gasteiger partial charge in [0.15, 0.2) is 5.96 Å². The molecule has 1 unspecified atom stereocenters. The van der Waals surface area contributed by atoms with Gasteiger partial charge in [0, 0.05) is 43.6 Å². The van der Waals surface area contributed by atoms with Crippen molar-refractivity contribution in [2.75, 3.05) is 53.2 Å².